The summed E-state index contributed by atoms with van der Waals surface area (Å²) in [5.74, 6) is 0.907. The predicted octanol–water partition coefficient (Wildman–Crippen LogP) is 1.35. The third-order valence-electron chi connectivity index (χ3n) is 1.01. The molecule has 6 heavy (non-hydrogen) atoms. The van der Waals surface area contributed by atoms with Crippen LogP contribution in [-0.2, 0) is 0 Å². The molecule has 0 aromatic rings. The van der Waals surface area contributed by atoms with E-state index in [0.29, 0.717) is 0 Å². The van der Waals surface area contributed by atoms with Gasteiger partial charge in [-0.25, -0.2) is 0 Å². The average Bonchev–Trinajstić information content (AvgIpc) is 1.65. The summed E-state index contributed by atoms with van der Waals surface area (Å²) in [6, 6.07) is 0. The normalized spacial score (nSPS) is 14.5. The third-order valence-corrected chi connectivity index (χ3v) is 2.32. The Kier molecular flexibility index (Phi) is 4.02. The fraction of sp³-hybridized carbons (Fsp3) is 1.00. The van der Waals surface area contributed by atoms with Crippen molar-refractivity contribution in [2.24, 2.45) is 5.92 Å². The zero-order valence-corrected chi connectivity index (χ0v) is 6.32. The summed E-state index contributed by atoms with van der Waals surface area (Å²) in [6.07, 6.45) is 1.31. The molecule has 0 aliphatic heterocycles. The van der Waals surface area contributed by atoms with E-state index in [2.05, 4.69) is 29.9 Å². The molecule has 0 spiro atoms. The summed E-state index contributed by atoms with van der Waals surface area (Å²) in [5, 5.41) is 1.27. The standard InChI is InChI=1S/C5H12Se/c1-3-5(2)4-6/h5-6H,3-4H2,1-2H3. The monoisotopic (exact) mass is 152 g/mol. The minimum absolute atomic E-state index is 0.907. The first kappa shape index (κ1) is 6.52. The average molecular weight is 151 g/mol. The molecule has 0 nitrogen and oxygen atoms in total. The second-order valence-corrected chi connectivity index (χ2v) is 2.46. The van der Waals surface area contributed by atoms with Crippen molar-refractivity contribution in [1.82, 2.24) is 0 Å². The van der Waals surface area contributed by atoms with Gasteiger partial charge in [-0.1, -0.05) is 0 Å². The first-order valence-corrected chi connectivity index (χ1v) is 3.74. The number of rotatable bonds is 2. The Morgan fingerprint density at radius 1 is 1.67 bits per heavy atom. The molecule has 0 radical (unpaired) electrons. The molecule has 0 saturated carbocycles. The van der Waals surface area contributed by atoms with E-state index >= 15 is 0 Å². The van der Waals surface area contributed by atoms with E-state index in [1.165, 1.54) is 11.7 Å². The first-order valence-electron chi connectivity index (χ1n) is 2.42. The van der Waals surface area contributed by atoms with Crippen molar-refractivity contribution >= 4 is 16.0 Å². The van der Waals surface area contributed by atoms with E-state index in [9.17, 15) is 0 Å². The molecule has 0 amide bonds. The van der Waals surface area contributed by atoms with E-state index in [4.69, 9.17) is 0 Å². The number of hydrogen-bond donors (Lipinski definition) is 0. The summed E-state index contributed by atoms with van der Waals surface area (Å²) in [4.78, 5) is 0. The van der Waals surface area contributed by atoms with Crippen LogP contribution in [0.15, 0.2) is 0 Å². The Morgan fingerprint density at radius 3 is 2.17 bits per heavy atom. The van der Waals surface area contributed by atoms with Crippen molar-refractivity contribution in [1.29, 1.82) is 0 Å². The molecule has 0 aliphatic carbocycles. The van der Waals surface area contributed by atoms with Gasteiger partial charge in [0.2, 0.25) is 0 Å². The van der Waals surface area contributed by atoms with Gasteiger partial charge in [0.05, 0.1) is 0 Å². The van der Waals surface area contributed by atoms with Gasteiger partial charge in [-0.15, -0.1) is 0 Å². The predicted molar refractivity (Wildman–Crippen MR) is 31.4 cm³/mol. The van der Waals surface area contributed by atoms with Gasteiger partial charge < -0.3 is 0 Å². The van der Waals surface area contributed by atoms with Crippen molar-refractivity contribution < 1.29 is 0 Å². The maximum absolute atomic E-state index is 2.61. The third kappa shape index (κ3) is 2.74. The van der Waals surface area contributed by atoms with Crippen LogP contribution in [0.25, 0.3) is 0 Å². The van der Waals surface area contributed by atoms with E-state index in [1.54, 1.807) is 0 Å². The molecule has 0 rings (SSSR count). The first-order chi connectivity index (χ1) is 2.81. The van der Waals surface area contributed by atoms with Crippen molar-refractivity contribution in [3.63, 3.8) is 0 Å². The van der Waals surface area contributed by atoms with E-state index in [0.717, 1.165) is 5.92 Å². The second kappa shape index (κ2) is 3.70. The molecule has 0 aliphatic rings. The number of hydrogen-bond acceptors (Lipinski definition) is 0. The molecule has 1 atom stereocenters. The van der Waals surface area contributed by atoms with Crippen molar-refractivity contribution in [2.75, 3.05) is 0 Å². The van der Waals surface area contributed by atoms with Crippen molar-refractivity contribution in [3.05, 3.63) is 0 Å². The van der Waals surface area contributed by atoms with Gasteiger partial charge in [0, 0.05) is 0 Å². The summed E-state index contributed by atoms with van der Waals surface area (Å²) in [7, 11) is 0. The Labute approximate surface area is 48.1 Å². The molecule has 0 heterocycles. The molecule has 0 N–H and O–H groups in total. The molecule has 0 fully saturated rings. The van der Waals surface area contributed by atoms with Crippen LogP contribution >= 0.6 is 0 Å². The van der Waals surface area contributed by atoms with Crippen LogP contribution in [-0.4, -0.2) is 16.0 Å². The topological polar surface area (TPSA) is 0 Å². The Balaban J connectivity index is 2.75. The van der Waals surface area contributed by atoms with Crippen LogP contribution < -0.4 is 0 Å². The van der Waals surface area contributed by atoms with E-state index < -0.39 is 0 Å². The van der Waals surface area contributed by atoms with Gasteiger partial charge in [0.1, 0.15) is 0 Å². The summed E-state index contributed by atoms with van der Waals surface area (Å²) in [5.41, 5.74) is 0. The fourth-order valence-corrected chi connectivity index (χ4v) is 0.671. The molecule has 1 unspecified atom stereocenters. The molecular weight excluding hydrogens is 139 g/mol. The molecule has 1 heteroatoms. The van der Waals surface area contributed by atoms with E-state index in [1.807, 2.05) is 0 Å². The van der Waals surface area contributed by atoms with Gasteiger partial charge in [-0.2, -0.15) is 0 Å². The Hall–Kier alpha value is 0.519. The maximum atomic E-state index is 2.61. The van der Waals surface area contributed by atoms with Crippen LogP contribution in [0.3, 0.4) is 0 Å². The summed E-state index contributed by atoms with van der Waals surface area (Å²) >= 11 is 2.61. The SMILES string of the molecule is CCC(C)C[SeH]. The molecule has 0 aromatic heterocycles. The van der Waals surface area contributed by atoms with Crippen LogP contribution in [0.1, 0.15) is 20.3 Å². The van der Waals surface area contributed by atoms with Gasteiger partial charge in [0.15, 0.2) is 0 Å². The van der Waals surface area contributed by atoms with Crippen LogP contribution in [0.2, 0.25) is 5.32 Å². The van der Waals surface area contributed by atoms with E-state index in [-0.39, 0.29) is 0 Å². The Bertz CT molecular complexity index is 23.1. The fourth-order valence-electron chi connectivity index (χ4n) is 0.129. The van der Waals surface area contributed by atoms with Crippen LogP contribution in [0.5, 0.6) is 0 Å². The minimum atomic E-state index is 0.907. The van der Waals surface area contributed by atoms with Gasteiger partial charge in [-0.3, -0.25) is 0 Å². The molecule has 38 valence electrons. The molecule has 0 aromatic carbocycles. The second-order valence-electron chi connectivity index (χ2n) is 1.70. The summed E-state index contributed by atoms with van der Waals surface area (Å²) < 4.78 is 0. The van der Waals surface area contributed by atoms with Gasteiger partial charge in [0.25, 0.3) is 0 Å². The zero-order valence-electron chi connectivity index (χ0n) is 4.44. The Morgan fingerprint density at radius 2 is 2.17 bits per heavy atom. The van der Waals surface area contributed by atoms with Crippen molar-refractivity contribution in [3.8, 4) is 0 Å². The van der Waals surface area contributed by atoms with Crippen LogP contribution in [0.4, 0.5) is 0 Å². The summed E-state index contributed by atoms with van der Waals surface area (Å²) in [6.45, 7) is 4.48. The van der Waals surface area contributed by atoms with Crippen LogP contribution in [0, 0.1) is 5.92 Å². The zero-order chi connectivity index (χ0) is 4.99. The molecular formula is C5H12Se. The van der Waals surface area contributed by atoms with Crippen molar-refractivity contribution in [2.45, 2.75) is 25.6 Å². The quantitative estimate of drug-likeness (QED) is 0.522. The molecule has 0 saturated heterocycles. The van der Waals surface area contributed by atoms with Gasteiger partial charge in [-0.05, 0) is 0 Å². The molecule has 0 bridgehead atoms. The van der Waals surface area contributed by atoms with Gasteiger partial charge >= 0.3 is 47.5 Å².